The maximum absolute atomic E-state index is 10.3. The summed E-state index contributed by atoms with van der Waals surface area (Å²) in [6, 6.07) is 1.67. The Hall–Kier alpha value is -1.40. The monoisotopic (exact) mass is 239 g/mol. The molecule has 0 aliphatic carbocycles. The maximum Gasteiger partial charge on any atom is 0.226 e. The van der Waals surface area contributed by atoms with E-state index >= 15 is 0 Å². The van der Waals surface area contributed by atoms with Gasteiger partial charge < -0.3 is 19.9 Å². The van der Waals surface area contributed by atoms with Gasteiger partial charge in [0.25, 0.3) is 0 Å². The molecule has 2 atom stereocenters. The van der Waals surface area contributed by atoms with Gasteiger partial charge >= 0.3 is 0 Å². The molecule has 2 rings (SSSR count). The molecule has 0 saturated carbocycles. The Balaban J connectivity index is 1.97. The number of methoxy groups -OCH3 is 1. The molecule has 1 aromatic heterocycles. The van der Waals surface area contributed by atoms with Crippen LogP contribution in [0.5, 0.6) is 5.88 Å². The predicted molar refractivity (Wildman–Crippen MR) is 62.1 cm³/mol. The zero-order valence-electron chi connectivity index (χ0n) is 10.0. The SMILES string of the molecule is COc1ccnc(NCC2(O)CCOC2C)n1. The molecule has 1 aliphatic rings. The first kappa shape index (κ1) is 12.1. The smallest absolute Gasteiger partial charge is 0.226 e. The molecule has 17 heavy (non-hydrogen) atoms. The van der Waals surface area contributed by atoms with Crippen LogP contribution in [0.25, 0.3) is 0 Å². The molecule has 2 heterocycles. The van der Waals surface area contributed by atoms with E-state index in [1.807, 2.05) is 6.92 Å². The number of rotatable bonds is 4. The number of aliphatic hydroxyl groups is 1. The molecule has 6 nitrogen and oxygen atoms in total. The van der Waals surface area contributed by atoms with Gasteiger partial charge in [-0.2, -0.15) is 4.98 Å². The number of aromatic nitrogens is 2. The lowest BCUT2D eigenvalue weighted by Gasteiger charge is -2.26. The molecule has 0 bridgehead atoms. The Morgan fingerprint density at radius 3 is 3.18 bits per heavy atom. The van der Waals surface area contributed by atoms with Crippen LogP contribution in [0.3, 0.4) is 0 Å². The van der Waals surface area contributed by atoms with Crippen LogP contribution in [0.4, 0.5) is 5.95 Å². The summed E-state index contributed by atoms with van der Waals surface area (Å²) in [7, 11) is 1.55. The van der Waals surface area contributed by atoms with Crippen LogP contribution in [0, 0.1) is 0 Å². The first-order chi connectivity index (χ1) is 8.14. The average molecular weight is 239 g/mol. The Labute approximate surface area is 100.0 Å². The van der Waals surface area contributed by atoms with Crippen LogP contribution >= 0.6 is 0 Å². The summed E-state index contributed by atoms with van der Waals surface area (Å²) >= 11 is 0. The van der Waals surface area contributed by atoms with Crippen LogP contribution < -0.4 is 10.1 Å². The molecule has 0 radical (unpaired) electrons. The van der Waals surface area contributed by atoms with Crippen LogP contribution in [-0.2, 0) is 4.74 Å². The Morgan fingerprint density at radius 1 is 1.71 bits per heavy atom. The summed E-state index contributed by atoms with van der Waals surface area (Å²) in [6.45, 7) is 2.81. The molecule has 2 unspecified atom stereocenters. The van der Waals surface area contributed by atoms with Gasteiger partial charge in [-0.25, -0.2) is 4.98 Å². The van der Waals surface area contributed by atoms with Crippen molar-refractivity contribution in [3.05, 3.63) is 12.3 Å². The summed E-state index contributed by atoms with van der Waals surface area (Å²) in [5, 5.41) is 13.3. The Bertz CT molecular complexity index is 388. The lowest BCUT2D eigenvalue weighted by atomic mass is 9.97. The largest absolute Gasteiger partial charge is 0.481 e. The average Bonchev–Trinajstić information content (AvgIpc) is 2.68. The molecule has 1 aliphatic heterocycles. The molecule has 0 amide bonds. The fourth-order valence-electron chi connectivity index (χ4n) is 1.78. The molecule has 1 saturated heterocycles. The number of nitrogens with one attached hydrogen (secondary N) is 1. The van der Waals surface area contributed by atoms with Gasteiger partial charge in [-0.15, -0.1) is 0 Å². The minimum absolute atomic E-state index is 0.180. The second-order valence-corrected chi connectivity index (χ2v) is 4.14. The van der Waals surface area contributed by atoms with Crippen molar-refractivity contribution < 1.29 is 14.6 Å². The van der Waals surface area contributed by atoms with Crippen LogP contribution in [-0.4, -0.2) is 47.0 Å². The van der Waals surface area contributed by atoms with E-state index in [2.05, 4.69) is 15.3 Å². The molecular formula is C11H17N3O3. The summed E-state index contributed by atoms with van der Waals surface area (Å²) in [5.41, 5.74) is -0.855. The minimum Gasteiger partial charge on any atom is -0.481 e. The van der Waals surface area contributed by atoms with E-state index in [-0.39, 0.29) is 6.10 Å². The van der Waals surface area contributed by atoms with Crippen molar-refractivity contribution in [3.8, 4) is 5.88 Å². The Morgan fingerprint density at radius 2 is 2.53 bits per heavy atom. The first-order valence-corrected chi connectivity index (χ1v) is 5.59. The number of hydrogen-bond acceptors (Lipinski definition) is 6. The standard InChI is InChI=1S/C11H17N3O3/c1-8-11(15,4-6-17-8)7-13-10-12-5-3-9(14-10)16-2/h3,5,8,15H,4,6-7H2,1-2H3,(H,12,13,14). The van der Waals surface area contributed by atoms with Gasteiger partial charge in [-0.1, -0.05) is 0 Å². The topological polar surface area (TPSA) is 76.5 Å². The molecule has 1 fully saturated rings. The quantitative estimate of drug-likeness (QED) is 0.794. The van der Waals surface area contributed by atoms with Crippen LogP contribution in [0.15, 0.2) is 12.3 Å². The maximum atomic E-state index is 10.3. The highest BCUT2D eigenvalue weighted by atomic mass is 16.5. The highest BCUT2D eigenvalue weighted by Crippen LogP contribution is 2.25. The zero-order valence-corrected chi connectivity index (χ0v) is 10.0. The van der Waals surface area contributed by atoms with Gasteiger partial charge in [0.1, 0.15) is 5.60 Å². The second kappa shape index (κ2) is 4.85. The number of nitrogens with zero attached hydrogens (tertiary/aromatic N) is 2. The van der Waals surface area contributed by atoms with Crippen molar-refractivity contribution in [2.75, 3.05) is 25.6 Å². The van der Waals surface area contributed by atoms with Gasteiger partial charge in [0, 0.05) is 31.8 Å². The van der Waals surface area contributed by atoms with E-state index in [0.717, 1.165) is 0 Å². The molecule has 94 valence electrons. The molecular weight excluding hydrogens is 222 g/mol. The first-order valence-electron chi connectivity index (χ1n) is 5.59. The van der Waals surface area contributed by atoms with E-state index in [1.165, 1.54) is 0 Å². The van der Waals surface area contributed by atoms with Crippen molar-refractivity contribution >= 4 is 5.95 Å². The van der Waals surface area contributed by atoms with Gasteiger partial charge in [-0.3, -0.25) is 0 Å². The summed E-state index contributed by atoms with van der Waals surface area (Å²) in [6.07, 6.45) is 2.04. The number of ether oxygens (including phenoxy) is 2. The zero-order chi connectivity index (χ0) is 12.3. The highest BCUT2D eigenvalue weighted by molar-refractivity contribution is 5.28. The predicted octanol–water partition coefficient (Wildman–Crippen LogP) is 0.437. The van der Waals surface area contributed by atoms with Crippen LogP contribution in [0.1, 0.15) is 13.3 Å². The van der Waals surface area contributed by atoms with Crippen molar-refractivity contribution in [1.29, 1.82) is 0 Å². The summed E-state index contributed by atoms with van der Waals surface area (Å²) in [4.78, 5) is 8.16. The van der Waals surface area contributed by atoms with Gasteiger partial charge in [0.05, 0.1) is 13.2 Å². The number of hydrogen-bond donors (Lipinski definition) is 2. The fraction of sp³-hybridized carbons (Fsp3) is 0.636. The van der Waals surface area contributed by atoms with Gasteiger partial charge in [0.15, 0.2) is 0 Å². The van der Waals surface area contributed by atoms with Crippen molar-refractivity contribution in [3.63, 3.8) is 0 Å². The molecule has 0 spiro atoms. The minimum atomic E-state index is -0.855. The number of anilines is 1. The third kappa shape index (κ3) is 2.65. The van der Waals surface area contributed by atoms with E-state index in [9.17, 15) is 5.11 Å². The van der Waals surface area contributed by atoms with E-state index in [1.54, 1.807) is 19.4 Å². The van der Waals surface area contributed by atoms with Crippen LogP contribution in [0.2, 0.25) is 0 Å². The van der Waals surface area contributed by atoms with E-state index in [0.29, 0.717) is 31.4 Å². The normalized spacial score (nSPS) is 28.1. The third-order valence-electron chi connectivity index (χ3n) is 3.05. The lowest BCUT2D eigenvalue weighted by Crippen LogP contribution is -2.43. The summed E-state index contributed by atoms with van der Waals surface area (Å²) < 4.78 is 10.3. The van der Waals surface area contributed by atoms with E-state index in [4.69, 9.17) is 9.47 Å². The van der Waals surface area contributed by atoms with Crippen molar-refractivity contribution in [2.45, 2.75) is 25.0 Å². The van der Waals surface area contributed by atoms with E-state index < -0.39 is 5.60 Å². The van der Waals surface area contributed by atoms with Gasteiger partial charge in [-0.05, 0) is 6.92 Å². The van der Waals surface area contributed by atoms with Gasteiger partial charge in [0.2, 0.25) is 11.8 Å². The summed E-state index contributed by atoms with van der Waals surface area (Å²) in [5.74, 6) is 0.932. The molecule has 0 aromatic carbocycles. The Kier molecular flexibility index (Phi) is 3.44. The highest BCUT2D eigenvalue weighted by Gasteiger charge is 2.39. The second-order valence-electron chi connectivity index (χ2n) is 4.14. The molecule has 6 heteroatoms. The third-order valence-corrected chi connectivity index (χ3v) is 3.05. The fourth-order valence-corrected chi connectivity index (χ4v) is 1.78. The lowest BCUT2D eigenvalue weighted by molar-refractivity contribution is -0.0176. The van der Waals surface area contributed by atoms with Crippen molar-refractivity contribution in [2.24, 2.45) is 0 Å². The molecule has 2 N–H and O–H groups in total. The van der Waals surface area contributed by atoms with Crippen molar-refractivity contribution in [1.82, 2.24) is 9.97 Å². The molecule has 1 aromatic rings.